The number of hydrogen-bond acceptors (Lipinski definition) is 6. The Labute approximate surface area is 114 Å². The summed E-state index contributed by atoms with van der Waals surface area (Å²) in [7, 11) is 0. The van der Waals surface area contributed by atoms with Crippen LogP contribution in [0.1, 0.15) is 17.5 Å². The summed E-state index contributed by atoms with van der Waals surface area (Å²) < 4.78 is 6.64. The van der Waals surface area contributed by atoms with E-state index < -0.39 is 0 Å². The Bertz CT molecular complexity index is 574. The molecule has 0 fully saturated rings. The highest BCUT2D eigenvalue weighted by molar-refractivity contribution is 7.10. The second kappa shape index (κ2) is 6.24. The number of ether oxygens (including phenoxy) is 1. The highest BCUT2D eigenvalue weighted by Gasteiger charge is 2.13. The molecule has 7 heteroatoms. The van der Waals surface area contributed by atoms with E-state index in [2.05, 4.69) is 15.1 Å². The van der Waals surface area contributed by atoms with Crippen molar-refractivity contribution in [3.05, 3.63) is 34.3 Å². The lowest BCUT2D eigenvalue weighted by atomic mass is 10.2. The highest BCUT2D eigenvalue weighted by Crippen LogP contribution is 2.18. The van der Waals surface area contributed by atoms with E-state index in [0.29, 0.717) is 18.7 Å². The number of thiazole rings is 1. The van der Waals surface area contributed by atoms with E-state index in [9.17, 15) is 4.79 Å². The summed E-state index contributed by atoms with van der Waals surface area (Å²) in [4.78, 5) is 20.9. The van der Waals surface area contributed by atoms with Gasteiger partial charge in [-0.2, -0.15) is 5.10 Å². The molecule has 0 unspecified atom stereocenters. The van der Waals surface area contributed by atoms with Crippen LogP contribution < -0.4 is 0 Å². The zero-order chi connectivity index (χ0) is 13.7. The average molecular weight is 278 g/mol. The van der Waals surface area contributed by atoms with E-state index in [4.69, 9.17) is 4.74 Å². The summed E-state index contributed by atoms with van der Waals surface area (Å²) >= 11 is 1.49. The maximum Gasteiger partial charge on any atom is 0.335 e. The Hall–Kier alpha value is -2.02. The summed E-state index contributed by atoms with van der Waals surface area (Å²) in [6.45, 7) is 4.36. The fraction of sp³-hybridized carbons (Fsp3) is 0.333. The first kappa shape index (κ1) is 13.4. The van der Waals surface area contributed by atoms with Gasteiger partial charge in [0.05, 0.1) is 34.8 Å². The molecule has 0 saturated heterocycles. The number of carbonyl (C=O) groups excluding carboxylic acids is 1. The molecule has 0 N–H and O–H groups in total. The van der Waals surface area contributed by atoms with E-state index in [-0.39, 0.29) is 5.97 Å². The van der Waals surface area contributed by atoms with Crippen LogP contribution in [0.25, 0.3) is 6.08 Å². The van der Waals surface area contributed by atoms with Crippen molar-refractivity contribution in [1.29, 1.82) is 0 Å². The maximum absolute atomic E-state index is 11.9. The third-order valence-electron chi connectivity index (χ3n) is 2.42. The smallest absolute Gasteiger partial charge is 0.335 e. The van der Waals surface area contributed by atoms with Gasteiger partial charge >= 0.3 is 5.97 Å². The predicted molar refractivity (Wildman–Crippen MR) is 71.5 cm³/mol. The Morgan fingerprint density at radius 2 is 2.42 bits per heavy atom. The lowest BCUT2D eigenvalue weighted by molar-refractivity contribution is -0.138. The summed E-state index contributed by atoms with van der Waals surface area (Å²) in [5.41, 5.74) is 3.17. The van der Waals surface area contributed by atoms with E-state index in [0.717, 1.165) is 10.6 Å². The van der Waals surface area contributed by atoms with Crippen molar-refractivity contribution in [3.8, 4) is 0 Å². The second-order valence-electron chi connectivity index (χ2n) is 3.79. The summed E-state index contributed by atoms with van der Waals surface area (Å²) in [6, 6.07) is 0. The molecule has 2 aromatic rings. The van der Waals surface area contributed by atoms with Crippen LogP contribution in [0.2, 0.25) is 0 Å². The first-order valence-electron chi connectivity index (χ1n) is 5.81. The van der Waals surface area contributed by atoms with E-state index in [1.807, 2.05) is 6.92 Å². The van der Waals surface area contributed by atoms with Crippen LogP contribution in [0, 0.1) is 6.92 Å². The number of esters is 1. The zero-order valence-corrected chi connectivity index (χ0v) is 11.6. The zero-order valence-electron chi connectivity index (χ0n) is 10.7. The number of nitrogens with zero attached hydrogens (tertiary/aromatic N) is 4. The number of carbonyl (C=O) groups is 1. The van der Waals surface area contributed by atoms with Gasteiger partial charge in [-0.3, -0.25) is 0 Å². The Morgan fingerprint density at radius 1 is 1.58 bits per heavy atom. The maximum atomic E-state index is 11.9. The fourth-order valence-electron chi connectivity index (χ4n) is 1.49. The van der Waals surface area contributed by atoms with Crippen LogP contribution in [0.4, 0.5) is 0 Å². The van der Waals surface area contributed by atoms with Gasteiger partial charge in [0.1, 0.15) is 12.7 Å². The molecule has 2 aromatic heterocycles. The van der Waals surface area contributed by atoms with Gasteiger partial charge in [-0.05, 0) is 19.9 Å². The van der Waals surface area contributed by atoms with Crippen molar-refractivity contribution < 1.29 is 9.53 Å². The van der Waals surface area contributed by atoms with E-state index >= 15 is 0 Å². The molecule has 0 spiro atoms. The van der Waals surface area contributed by atoms with Gasteiger partial charge < -0.3 is 4.74 Å². The van der Waals surface area contributed by atoms with E-state index in [1.165, 1.54) is 17.7 Å². The van der Waals surface area contributed by atoms with Crippen LogP contribution in [0.15, 0.2) is 23.7 Å². The molecule has 100 valence electrons. The minimum atomic E-state index is -0.342. The van der Waals surface area contributed by atoms with Gasteiger partial charge in [-0.25, -0.2) is 19.4 Å². The molecule has 0 aliphatic carbocycles. The van der Waals surface area contributed by atoms with Gasteiger partial charge in [-0.15, -0.1) is 11.3 Å². The Morgan fingerprint density at radius 3 is 3.00 bits per heavy atom. The van der Waals surface area contributed by atoms with Crippen molar-refractivity contribution >= 4 is 23.4 Å². The molecule has 19 heavy (non-hydrogen) atoms. The summed E-state index contributed by atoms with van der Waals surface area (Å²) in [5, 5.41) is 3.99. The van der Waals surface area contributed by atoms with Crippen LogP contribution >= 0.6 is 11.3 Å². The number of rotatable bonds is 5. The molecule has 0 amide bonds. The van der Waals surface area contributed by atoms with Crippen LogP contribution in [-0.4, -0.2) is 32.3 Å². The quantitative estimate of drug-likeness (QED) is 0.615. The van der Waals surface area contributed by atoms with Crippen molar-refractivity contribution in [2.45, 2.75) is 20.4 Å². The van der Waals surface area contributed by atoms with Gasteiger partial charge in [0.15, 0.2) is 0 Å². The molecule has 6 nitrogen and oxygen atoms in total. The lowest BCUT2D eigenvalue weighted by Gasteiger charge is -2.06. The standard InChI is InChI=1S/C12H14N4O2S/c1-3-18-12(17)10(5-16-7-13-6-15-16)4-11-9(2)14-8-19-11/h4,6-8H,3,5H2,1-2H3/b10-4+. The minimum Gasteiger partial charge on any atom is -0.463 e. The average Bonchev–Trinajstić information content (AvgIpc) is 3.02. The molecule has 2 heterocycles. The third kappa shape index (κ3) is 3.47. The number of hydrogen-bond donors (Lipinski definition) is 0. The Balaban J connectivity index is 2.26. The number of aromatic nitrogens is 4. The second-order valence-corrected chi connectivity index (χ2v) is 4.67. The Kier molecular flexibility index (Phi) is 4.40. The van der Waals surface area contributed by atoms with Crippen molar-refractivity contribution in [2.24, 2.45) is 0 Å². The molecule has 0 saturated carbocycles. The number of aryl methyl sites for hydroxylation is 1. The molecule has 0 aliphatic heterocycles. The van der Waals surface area contributed by atoms with Crippen LogP contribution in [0.3, 0.4) is 0 Å². The summed E-state index contributed by atoms with van der Waals surface area (Å²) in [5.74, 6) is -0.342. The van der Waals surface area contributed by atoms with Crippen molar-refractivity contribution in [3.63, 3.8) is 0 Å². The first-order chi connectivity index (χ1) is 9.20. The topological polar surface area (TPSA) is 69.9 Å². The van der Waals surface area contributed by atoms with Crippen molar-refractivity contribution in [2.75, 3.05) is 6.61 Å². The first-order valence-corrected chi connectivity index (χ1v) is 6.69. The summed E-state index contributed by atoms with van der Waals surface area (Å²) in [6.07, 6.45) is 4.79. The largest absolute Gasteiger partial charge is 0.463 e. The SMILES string of the molecule is CCOC(=O)/C(=C/c1scnc1C)Cn1cncn1. The lowest BCUT2D eigenvalue weighted by Crippen LogP contribution is -2.13. The molecule has 0 aromatic carbocycles. The predicted octanol–water partition coefficient (Wildman–Crippen LogP) is 1.69. The molecular formula is C12H14N4O2S. The molecular weight excluding hydrogens is 264 g/mol. The van der Waals surface area contributed by atoms with Gasteiger partial charge in [0.25, 0.3) is 0 Å². The van der Waals surface area contributed by atoms with E-state index in [1.54, 1.807) is 29.5 Å². The van der Waals surface area contributed by atoms with Crippen LogP contribution in [0.5, 0.6) is 0 Å². The van der Waals surface area contributed by atoms with Crippen LogP contribution in [-0.2, 0) is 16.1 Å². The van der Waals surface area contributed by atoms with Gasteiger partial charge in [0.2, 0.25) is 0 Å². The minimum absolute atomic E-state index is 0.330. The normalized spacial score (nSPS) is 11.6. The molecule has 0 bridgehead atoms. The monoisotopic (exact) mass is 278 g/mol. The molecule has 0 aliphatic rings. The molecule has 0 radical (unpaired) electrons. The molecule has 0 atom stereocenters. The van der Waals surface area contributed by atoms with Gasteiger partial charge in [0, 0.05) is 0 Å². The third-order valence-corrected chi connectivity index (χ3v) is 3.30. The molecule has 2 rings (SSSR count). The van der Waals surface area contributed by atoms with Gasteiger partial charge in [-0.1, -0.05) is 0 Å². The fourth-order valence-corrected chi connectivity index (χ4v) is 2.25. The van der Waals surface area contributed by atoms with Crippen molar-refractivity contribution in [1.82, 2.24) is 19.7 Å². The highest BCUT2D eigenvalue weighted by atomic mass is 32.1.